The zero-order valence-corrected chi connectivity index (χ0v) is 15.1. The van der Waals surface area contributed by atoms with E-state index in [1.807, 2.05) is 37.3 Å². The smallest absolute Gasteiger partial charge is 0.430 e. The van der Waals surface area contributed by atoms with Crippen LogP contribution >= 0.6 is 0 Å². The van der Waals surface area contributed by atoms with E-state index in [1.54, 1.807) is 24.3 Å². The van der Waals surface area contributed by atoms with Gasteiger partial charge in [-0.3, -0.25) is 4.89 Å². The molecule has 0 amide bonds. The van der Waals surface area contributed by atoms with Crippen LogP contribution in [0.3, 0.4) is 0 Å². The molecule has 0 saturated heterocycles. The fourth-order valence-corrected chi connectivity index (χ4v) is 2.21. The van der Waals surface area contributed by atoms with Gasteiger partial charge in [-0.25, -0.2) is 14.5 Å². The predicted octanol–water partition coefficient (Wildman–Crippen LogP) is 4.33. The molecule has 0 bridgehead atoms. The van der Waals surface area contributed by atoms with Gasteiger partial charge in [0.2, 0.25) is 0 Å². The maximum absolute atomic E-state index is 12.2. The Morgan fingerprint density at radius 3 is 2.37 bits per heavy atom. The molecule has 27 heavy (non-hydrogen) atoms. The second-order valence-electron chi connectivity index (χ2n) is 5.50. The molecule has 0 spiro atoms. The summed E-state index contributed by atoms with van der Waals surface area (Å²) >= 11 is 0. The lowest BCUT2D eigenvalue weighted by Crippen LogP contribution is -2.15. The number of benzene rings is 2. The quantitative estimate of drug-likeness (QED) is 0.265. The highest BCUT2D eigenvalue weighted by atomic mass is 17.5. The molecular formula is C20H22O7. The first-order valence-electron chi connectivity index (χ1n) is 8.67. The minimum absolute atomic E-state index is 0.0106. The molecule has 0 aliphatic rings. The summed E-state index contributed by atoms with van der Waals surface area (Å²) in [6.07, 6.45) is 0.835. The van der Waals surface area contributed by atoms with Crippen LogP contribution in [0.5, 0.6) is 0 Å². The summed E-state index contributed by atoms with van der Waals surface area (Å²) in [6.45, 7) is 2.91. The van der Waals surface area contributed by atoms with Gasteiger partial charge < -0.3 is 9.47 Å². The van der Waals surface area contributed by atoms with Crippen LogP contribution in [0.15, 0.2) is 54.6 Å². The molecule has 0 atom stereocenters. The van der Waals surface area contributed by atoms with Crippen LogP contribution in [-0.4, -0.2) is 31.9 Å². The summed E-state index contributed by atoms with van der Waals surface area (Å²) in [5, 5.41) is 4.23. The highest BCUT2D eigenvalue weighted by Gasteiger charge is 2.16. The molecule has 0 fully saturated rings. The first-order valence-corrected chi connectivity index (χ1v) is 8.67. The van der Waals surface area contributed by atoms with E-state index in [-0.39, 0.29) is 18.8 Å². The van der Waals surface area contributed by atoms with Crippen molar-refractivity contribution in [1.29, 1.82) is 0 Å². The van der Waals surface area contributed by atoms with Crippen molar-refractivity contribution < 1.29 is 33.9 Å². The molecule has 7 heteroatoms. The lowest BCUT2D eigenvalue weighted by atomic mass is 10.00. The molecule has 0 saturated carbocycles. The maximum atomic E-state index is 12.2. The molecule has 0 radical (unpaired) electrons. The summed E-state index contributed by atoms with van der Waals surface area (Å²) in [4.78, 5) is 32.3. The molecule has 0 N–H and O–H groups in total. The first kappa shape index (κ1) is 20.4. The topological polar surface area (TPSA) is 80.3 Å². The highest BCUT2D eigenvalue weighted by molar-refractivity contribution is 5.96. The van der Waals surface area contributed by atoms with Gasteiger partial charge in [0.25, 0.3) is 0 Å². The van der Waals surface area contributed by atoms with Crippen LogP contribution in [0, 0.1) is 0 Å². The lowest BCUT2D eigenvalue weighted by Gasteiger charge is -2.08. The van der Waals surface area contributed by atoms with E-state index in [4.69, 9.17) is 9.47 Å². The van der Waals surface area contributed by atoms with Gasteiger partial charge in [0.1, 0.15) is 6.61 Å². The number of rotatable bonds is 10. The van der Waals surface area contributed by atoms with E-state index in [0.717, 1.165) is 18.4 Å². The number of carbonyl (C=O) groups excluding carboxylic acids is 2. The van der Waals surface area contributed by atoms with E-state index in [9.17, 15) is 9.59 Å². The average Bonchev–Trinajstić information content (AvgIpc) is 2.71. The normalized spacial score (nSPS) is 10.3. The summed E-state index contributed by atoms with van der Waals surface area (Å²) in [5.41, 5.74) is 1.77. The van der Waals surface area contributed by atoms with E-state index in [0.29, 0.717) is 12.2 Å². The number of carbonyl (C=O) groups is 2. The zero-order chi connectivity index (χ0) is 19.3. The molecule has 0 unspecified atom stereocenters. The van der Waals surface area contributed by atoms with Crippen LogP contribution in [-0.2, 0) is 24.3 Å². The minimum Gasteiger partial charge on any atom is -0.430 e. The molecule has 0 aliphatic heterocycles. The monoisotopic (exact) mass is 374 g/mol. The molecular weight excluding hydrogens is 352 g/mol. The third kappa shape index (κ3) is 7.08. The molecule has 2 rings (SSSR count). The van der Waals surface area contributed by atoms with Crippen molar-refractivity contribution in [2.45, 2.75) is 19.8 Å². The van der Waals surface area contributed by atoms with E-state index in [2.05, 4.69) is 14.8 Å². The Morgan fingerprint density at radius 2 is 1.59 bits per heavy atom. The van der Waals surface area contributed by atoms with Crippen LogP contribution < -0.4 is 0 Å². The van der Waals surface area contributed by atoms with Gasteiger partial charge in [0.05, 0.1) is 17.2 Å². The molecule has 7 nitrogen and oxygen atoms in total. The average molecular weight is 374 g/mol. The van der Waals surface area contributed by atoms with Gasteiger partial charge in [0.15, 0.2) is 0 Å². The Kier molecular flexibility index (Phi) is 8.82. The number of hydrogen-bond acceptors (Lipinski definition) is 7. The zero-order valence-electron chi connectivity index (χ0n) is 15.1. The predicted molar refractivity (Wildman–Crippen MR) is 96.5 cm³/mol. The van der Waals surface area contributed by atoms with Crippen molar-refractivity contribution in [2.24, 2.45) is 0 Å². The fraction of sp³-hybridized carbons (Fsp3) is 0.300. The van der Waals surface area contributed by atoms with Crippen LogP contribution in [0.1, 0.15) is 30.1 Å². The maximum Gasteiger partial charge on any atom is 0.543 e. The molecule has 0 heterocycles. The van der Waals surface area contributed by atoms with E-state index >= 15 is 0 Å². The van der Waals surface area contributed by atoms with Gasteiger partial charge in [-0.15, -0.1) is 0 Å². The molecule has 0 aromatic heterocycles. The third-order valence-corrected chi connectivity index (χ3v) is 3.53. The van der Waals surface area contributed by atoms with Crippen molar-refractivity contribution >= 4 is 12.1 Å². The van der Waals surface area contributed by atoms with Crippen molar-refractivity contribution in [3.05, 3.63) is 60.2 Å². The largest absolute Gasteiger partial charge is 0.543 e. The number of ether oxygens (including phenoxy) is 2. The lowest BCUT2D eigenvalue weighted by molar-refractivity contribution is -0.452. The standard InChI is InChI=1S/C20H22O7/c1-2-3-13-23-14-15-24-20(22)26-27-25-19(21)18-12-8-7-11-17(18)16-9-5-4-6-10-16/h4-12H,2-3,13-15H2,1H3. The molecule has 144 valence electrons. The van der Waals surface area contributed by atoms with Crippen molar-refractivity contribution in [1.82, 2.24) is 0 Å². The summed E-state index contributed by atoms with van der Waals surface area (Å²) in [6, 6.07) is 16.2. The van der Waals surface area contributed by atoms with E-state index < -0.39 is 12.1 Å². The molecule has 0 aliphatic carbocycles. The summed E-state index contributed by atoms with van der Waals surface area (Å²) in [5.74, 6) is -0.801. The van der Waals surface area contributed by atoms with Gasteiger partial charge in [0, 0.05) is 6.61 Å². The van der Waals surface area contributed by atoms with Crippen molar-refractivity contribution in [3.8, 4) is 11.1 Å². The second kappa shape index (κ2) is 11.7. The Bertz CT molecular complexity index is 715. The third-order valence-electron chi connectivity index (χ3n) is 3.53. The Morgan fingerprint density at radius 1 is 0.852 bits per heavy atom. The molecule has 2 aromatic rings. The van der Waals surface area contributed by atoms with Crippen LogP contribution in [0.25, 0.3) is 11.1 Å². The van der Waals surface area contributed by atoms with Gasteiger partial charge in [-0.05, 0) is 23.6 Å². The Labute approximate surface area is 157 Å². The molecule has 2 aromatic carbocycles. The SMILES string of the molecule is CCCCOCCOC(=O)OOOC(=O)c1ccccc1-c1ccccc1. The second-order valence-corrected chi connectivity index (χ2v) is 5.50. The van der Waals surface area contributed by atoms with Crippen molar-refractivity contribution in [2.75, 3.05) is 19.8 Å². The minimum atomic E-state index is -1.13. The van der Waals surface area contributed by atoms with Gasteiger partial charge in [-0.2, -0.15) is 0 Å². The van der Waals surface area contributed by atoms with Gasteiger partial charge in [-0.1, -0.05) is 61.9 Å². The summed E-state index contributed by atoms with van der Waals surface area (Å²) in [7, 11) is 0. The van der Waals surface area contributed by atoms with Crippen LogP contribution in [0.4, 0.5) is 4.79 Å². The van der Waals surface area contributed by atoms with Crippen molar-refractivity contribution in [3.63, 3.8) is 0 Å². The Balaban J connectivity index is 1.76. The fourth-order valence-electron chi connectivity index (χ4n) is 2.21. The summed E-state index contributed by atoms with van der Waals surface area (Å²) < 4.78 is 9.92. The van der Waals surface area contributed by atoms with E-state index in [1.165, 1.54) is 0 Å². The highest BCUT2D eigenvalue weighted by Crippen LogP contribution is 2.24. The number of unbranched alkanes of at least 4 members (excludes halogenated alkanes) is 1. The van der Waals surface area contributed by atoms with Crippen LogP contribution in [0.2, 0.25) is 0 Å². The first-order chi connectivity index (χ1) is 13.2. The van der Waals surface area contributed by atoms with Gasteiger partial charge >= 0.3 is 12.1 Å². The number of hydrogen-bond donors (Lipinski definition) is 0. The Hall–Kier alpha value is -2.90.